The zero-order chi connectivity index (χ0) is 6.41. The van der Waals surface area contributed by atoms with E-state index >= 15 is 0 Å². The van der Waals surface area contributed by atoms with Crippen LogP contribution in [0.4, 0.5) is 0 Å². The zero-order valence-electron chi connectivity index (χ0n) is 5.26. The van der Waals surface area contributed by atoms with Crippen LogP contribution in [0.5, 0.6) is 0 Å². The van der Waals surface area contributed by atoms with Gasteiger partial charge in [-0.1, -0.05) is 0 Å². The third kappa shape index (κ3) is 2.96. The quantitative estimate of drug-likeness (QED) is 0.513. The number of ether oxygens (including phenoxy) is 1. The first-order valence-electron chi connectivity index (χ1n) is 2.78. The van der Waals surface area contributed by atoms with Crippen molar-refractivity contribution in [2.24, 2.45) is 11.5 Å². The predicted molar refractivity (Wildman–Crippen MR) is 33.5 cm³/mol. The Hall–Kier alpha value is -0.120. The Morgan fingerprint density at radius 1 is 1.50 bits per heavy atom. The second kappa shape index (κ2) is 5.03. The van der Waals surface area contributed by atoms with Gasteiger partial charge < -0.3 is 16.2 Å². The summed E-state index contributed by atoms with van der Waals surface area (Å²) in [5, 5.41) is 0. The number of nitrogens with two attached hydrogens (primary N) is 2. The normalized spacial score (nSPS) is 13.9. The topological polar surface area (TPSA) is 61.3 Å². The fourth-order valence-corrected chi connectivity index (χ4v) is 0.518. The van der Waals surface area contributed by atoms with Crippen LogP contribution in [0, 0.1) is 0 Å². The molecule has 50 valence electrons. The van der Waals surface area contributed by atoms with Crippen LogP contribution in [-0.4, -0.2) is 26.3 Å². The Morgan fingerprint density at radius 3 is 2.25 bits per heavy atom. The molecule has 8 heavy (non-hydrogen) atoms. The Kier molecular flexibility index (Phi) is 4.95. The molecule has 0 aliphatic heterocycles. The maximum atomic E-state index is 5.29. The van der Waals surface area contributed by atoms with E-state index in [-0.39, 0.29) is 6.10 Å². The lowest BCUT2D eigenvalue weighted by Crippen LogP contribution is -2.25. The minimum absolute atomic E-state index is 0.153. The molecule has 0 aliphatic rings. The fraction of sp³-hybridized carbons (Fsp3) is 1.00. The Bertz CT molecular complexity index is 45.7. The summed E-state index contributed by atoms with van der Waals surface area (Å²) >= 11 is 0. The molecule has 0 fully saturated rings. The number of hydrogen-bond donors (Lipinski definition) is 2. The molecule has 0 aromatic carbocycles. The lowest BCUT2D eigenvalue weighted by atomic mass is 10.2. The van der Waals surface area contributed by atoms with Gasteiger partial charge >= 0.3 is 0 Å². The van der Waals surface area contributed by atoms with E-state index in [1.165, 1.54) is 0 Å². The van der Waals surface area contributed by atoms with Gasteiger partial charge in [-0.15, -0.1) is 0 Å². The number of hydrogen-bond acceptors (Lipinski definition) is 3. The van der Waals surface area contributed by atoms with Crippen LogP contribution in [-0.2, 0) is 4.74 Å². The summed E-state index contributed by atoms with van der Waals surface area (Å²) in [5.41, 5.74) is 10.5. The molecule has 0 bridgehead atoms. The van der Waals surface area contributed by atoms with E-state index in [4.69, 9.17) is 16.2 Å². The molecule has 0 heterocycles. The second-order valence-corrected chi connectivity index (χ2v) is 1.67. The van der Waals surface area contributed by atoms with Crippen LogP contribution in [0.1, 0.15) is 6.42 Å². The van der Waals surface area contributed by atoms with Crippen molar-refractivity contribution in [2.75, 3.05) is 20.2 Å². The average molecular weight is 118 g/mol. The van der Waals surface area contributed by atoms with Crippen molar-refractivity contribution in [3.8, 4) is 0 Å². The Balaban J connectivity index is 3.07. The predicted octanol–water partition coefficient (Wildman–Crippen LogP) is -0.691. The van der Waals surface area contributed by atoms with Gasteiger partial charge in [-0.05, 0) is 13.0 Å². The highest BCUT2D eigenvalue weighted by molar-refractivity contribution is 4.56. The van der Waals surface area contributed by atoms with Gasteiger partial charge in [-0.3, -0.25) is 0 Å². The smallest absolute Gasteiger partial charge is 0.0705 e. The first kappa shape index (κ1) is 7.88. The van der Waals surface area contributed by atoms with Crippen LogP contribution in [0.15, 0.2) is 0 Å². The monoisotopic (exact) mass is 118 g/mol. The van der Waals surface area contributed by atoms with Crippen LogP contribution >= 0.6 is 0 Å². The first-order chi connectivity index (χ1) is 3.85. The molecule has 0 radical (unpaired) electrons. The van der Waals surface area contributed by atoms with Gasteiger partial charge in [0.1, 0.15) is 0 Å². The minimum atomic E-state index is 0.153. The molecular weight excluding hydrogens is 104 g/mol. The maximum absolute atomic E-state index is 5.29. The standard InChI is InChI=1S/C5H14N2O/c1-8-5(4-7)2-3-6/h5H,2-4,6-7H2,1H3. The molecule has 3 nitrogen and oxygen atoms in total. The van der Waals surface area contributed by atoms with Crippen LogP contribution < -0.4 is 11.5 Å². The molecule has 0 amide bonds. The van der Waals surface area contributed by atoms with Gasteiger partial charge in [0.05, 0.1) is 6.10 Å². The average Bonchev–Trinajstić information content (AvgIpc) is 1.83. The van der Waals surface area contributed by atoms with Crippen molar-refractivity contribution in [3.63, 3.8) is 0 Å². The van der Waals surface area contributed by atoms with E-state index in [9.17, 15) is 0 Å². The Labute approximate surface area is 50.0 Å². The fourth-order valence-electron chi connectivity index (χ4n) is 0.518. The van der Waals surface area contributed by atoms with Gasteiger partial charge in [0.15, 0.2) is 0 Å². The summed E-state index contributed by atoms with van der Waals surface area (Å²) in [5.74, 6) is 0. The van der Waals surface area contributed by atoms with E-state index in [2.05, 4.69) is 0 Å². The van der Waals surface area contributed by atoms with Crippen molar-refractivity contribution in [2.45, 2.75) is 12.5 Å². The summed E-state index contributed by atoms with van der Waals surface area (Å²) in [7, 11) is 1.65. The van der Waals surface area contributed by atoms with Crippen molar-refractivity contribution in [1.82, 2.24) is 0 Å². The molecule has 0 spiro atoms. The first-order valence-corrected chi connectivity index (χ1v) is 2.78. The highest BCUT2D eigenvalue weighted by Gasteiger charge is 1.99. The number of rotatable bonds is 4. The van der Waals surface area contributed by atoms with E-state index in [0.717, 1.165) is 6.42 Å². The molecule has 1 unspecified atom stereocenters. The van der Waals surface area contributed by atoms with Crippen molar-refractivity contribution < 1.29 is 4.74 Å². The highest BCUT2D eigenvalue weighted by atomic mass is 16.5. The minimum Gasteiger partial charge on any atom is -0.380 e. The second-order valence-electron chi connectivity index (χ2n) is 1.67. The molecule has 0 saturated carbocycles. The van der Waals surface area contributed by atoms with Gasteiger partial charge in [0, 0.05) is 13.7 Å². The SMILES string of the molecule is COC(CN)CCN. The molecule has 0 aromatic rings. The third-order valence-electron chi connectivity index (χ3n) is 1.08. The molecule has 0 rings (SSSR count). The van der Waals surface area contributed by atoms with Gasteiger partial charge in [-0.25, -0.2) is 0 Å². The van der Waals surface area contributed by atoms with Crippen LogP contribution in [0.3, 0.4) is 0 Å². The van der Waals surface area contributed by atoms with Crippen molar-refractivity contribution in [1.29, 1.82) is 0 Å². The molecule has 4 N–H and O–H groups in total. The van der Waals surface area contributed by atoms with E-state index in [1.54, 1.807) is 7.11 Å². The van der Waals surface area contributed by atoms with Gasteiger partial charge in [0.2, 0.25) is 0 Å². The van der Waals surface area contributed by atoms with Gasteiger partial charge in [-0.2, -0.15) is 0 Å². The lowest BCUT2D eigenvalue weighted by Gasteiger charge is -2.09. The Morgan fingerprint density at radius 2 is 2.12 bits per heavy atom. The molecule has 0 aliphatic carbocycles. The zero-order valence-corrected chi connectivity index (χ0v) is 5.26. The molecular formula is C5H14N2O. The van der Waals surface area contributed by atoms with E-state index < -0.39 is 0 Å². The van der Waals surface area contributed by atoms with Crippen LogP contribution in [0.2, 0.25) is 0 Å². The summed E-state index contributed by atoms with van der Waals surface area (Å²) in [4.78, 5) is 0. The van der Waals surface area contributed by atoms with E-state index in [0.29, 0.717) is 13.1 Å². The molecule has 3 heteroatoms. The molecule has 0 saturated heterocycles. The maximum Gasteiger partial charge on any atom is 0.0705 e. The van der Waals surface area contributed by atoms with Gasteiger partial charge in [0.25, 0.3) is 0 Å². The van der Waals surface area contributed by atoms with E-state index in [1.807, 2.05) is 0 Å². The largest absolute Gasteiger partial charge is 0.380 e. The third-order valence-corrected chi connectivity index (χ3v) is 1.08. The summed E-state index contributed by atoms with van der Waals surface area (Å²) in [6, 6.07) is 0. The lowest BCUT2D eigenvalue weighted by molar-refractivity contribution is 0.104. The summed E-state index contributed by atoms with van der Waals surface area (Å²) in [6.45, 7) is 1.21. The molecule has 1 atom stereocenters. The highest BCUT2D eigenvalue weighted by Crippen LogP contribution is 1.89. The summed E-state index contributed by atoms with van der Waals surface area (Å²) in [6.07, 6.45) is 1.01. The van der Waals surface area contributed by atoms with Crippen LogP contribution in [0.25, 0.3) is 0 Å². The van der Waals surface area contributed by atoms with Crippen molar-refractivity contribution in [3.05, 3.63) is 0 Å². The number of methoxy groups -OCH3 is 1. The molecule has 0 aromatic heterocycles. The van der Waals surface area contributed by atoms with Crippen molar-refractivity contribution >= 4 is 0 Å². The summed E-state index contributed by atoms with van der Waals surface area (Å²) < 4.78 is 4.93.